The van der Waals surface area contributed by atoms with E-state index >= 15 is 0 Å². The van der Waals surface area contributed by atoms with Gasteiger partial charge in [0, 0.05) is 13.0 Å². The number of halogens is 3. The van der Waals surface area contributed by atoms with Gasteiger partial charge in [-0.25, -0.2) is 0 Å². The van der Waals surface area contributed by atoms with Gasteiger partial charge in [0.05, 0.1) is 6.10 Å². The van der Waals surface area contributed by atoms with Crippen LogP contribution < -0.4 is 5.32 Å². The first-order chi connectivity index (χ1) is 5.88. The summed E-state index contributed by atoms with van der Waals surface area (Å²) in [6.07, 6.45) is -5.95. The summed E-state index contributed by atoms with van der Waals surface area (Å²) in [5, 5.41) is 10.8. The van der Waals surface area contributed by atoms with Gasteiger partial charge in [-0.3, -0.25) is 9.53 Å². The number of carboxylic acids is 1. The normalized spacial score (nSPS) is 29.2. The zero-order valence-corrected chi connectivity index (χ0v) is 6.47. The van der Waals surface area contributed by atoms with Crippen molar-refractivity contribution >= 4 is 5.97 Å². The highest BCUT2D eigenvalue weighted by Crippen LogP contribution is 2.22. The molecule has 0 unspecified atom stereocenters. The highest BCUT2D eigenvalue weighted by molar-refractivity contribution is 5.73. The van der Waals surface area contributed by atoms with Crippen LogP contribution in [-0.4, -0.2) is 36.1 Å². The minimum Gasteiger partial charge on any atom is -0.480 e. The van der Waals surface area contributed by atoms with Crippen molar-refractivity contribution in [2.45, 2.75) is 24.9 Å². The molecule has 4 nitrogen and oxygen atoms in total. The summed E-state index contributed by atoms with van der Waals surface area (Å²) in [6.45, 7) is -0.0868. The van der Waals surface area contributed by atoms with Crippen LogP contribution in [0.4, 0.5) is 13.2 Å². The van der Waals surface area contributed by atoms with Gasteiger partial charge in [0.1, 0.15) is 6.04 Å². The van der Waals surface area contributed by atoms with Gasteiger partial charge < -0.3 is 10.4 Å². The SMILES string of the molecule is O=C(O)[C@@H]1C[C@H](OC(F)(F)F)CN1. The van der Waals surface area contributed by atoms with Crippen molar-refractivity contribution in [2.24, 2.45) is 0 Å². The fourth-order valence-corrected chi connectivity index (χ4v) is 1.17. The van der Waals surface area contributed by atoms with Crippen molar-refractivity contribution in [3.05, 3.63) is 0 Å². The molecule has 0 amide bonds. The maximum atomic E-state index is 11.6. The maximum Gasteiger partial charge on any atom is 0.522 e. The Bertz CT molecular complexity index is 206. The maximum absolute atomic E-state index is 11.6. The molecule has 0 aliphatic carbocycles. The zero-order chi connectivity index (χ0) is 10.1. The van der Waals surface area contributed by atoms with Gasteiger partial charge in [0.2, 0.25) is 0 Å². The van der Waals surface area contributed by atoms with Crippen LogP contribution in [0.15, 0.2) is 0 Å². The van der Waals surface area contributed by atoms with E-state index in [1.165, 1.54) is 0 Å². The Morgan fingerprint density at radius 2 is 2.15 bits per heavy atom. The first-order valence-corrected chi connectivity index (χ1v) is 3.59. The lowest BCUT2D eigenvalue weighted by molar-refractivity contribution is -0.340. The van der Waals surface area contributed by atoms with E-state index in [4.69, 9.17) is 5.11 Å². The zero-order valence-electron chi connectivity index (χ0n) is 6.47. The van der Waals surface area contributed by atoms with Crippen molar-refractivity contribution in [3.8, 4) is 0 Å². The minimum atomic E-state index is -4.69. The number of hydrogen-bond donors (Lipinski definition) is 2. The molecule has 2 N–H and O–H groups in total. The molecule has 0 saturated carbocycles. The van der Waals surface area contributed by atoms with E-state index in [1.807, 2.05) is 0 Å². The van der Waals surface area contributed by atoms with Crippen LogP contribution in [0.25, 0.3) is 0 Å². The molecule has 2 atom stereocenters. The Labute approximate surface area is 71.7 Å². The molecule has 1 saturated heterocycles. The monoisotopic (exact) mass is 199 g/mol. The number of alkyl halides is 3. The van der Waals surface area contributed by atoms with Gasteiger partial charge in [-0.2, -0.15) is 0 Å². The molecule has 1 aliphatic rings. The van der Waals surface area contributed by atoms with E-state index in [1.54, 1.807) is 0 Å². The van der Waals surface area contributed by atoms with Gasteiger partial charge >= 0.3 is 12.3 Å². The quantitative estimate of drug-likeness (QED) is 0.673. The van der Waals surface area contributed by atoms with Gasteiger partial charge in [-0.15, -0.1) is 13.2 Å². The van der Waals surface area contributed by atoms with E-state index < -0.39 is 24.5 Å². The van der Waals surface area contributed by atoms with Gasteiger partial charge in [0.15, 0.2) is 0 Å². The van der Waals surface area contributed by atoms with Crippen LogP contribution in [0.5, 0.6) is 0 Å². The van der Waals surface area contributed by atoms with E-state index in [9.17, 15) is 18.0 Å². The largest absolute Gasteiger partial charge is 0.522 e. The van der Waals surface area contributed by atoms with E-state index in [2.05, 4.69) is 10.1 Å². The van der Waals surface area contributed by atoms with E-state index in [0.29, 0.717) is 0 Å². The molecular formula is C6H8F3NO3. The Balaban J connectivity index is 2.38. The standard InChI is InChI=1S/C6H8F3NO3/c7-6(8,9)13-3-1-4(5(11)12)10-2-3/h3-4,10H,1-2H2,(H,11,12)/t3-,4-/m0/s1. The van der Waals surface area contributed by atoms with Crippen LogP contribution in [0.2, 0.25) is 0 Å². The molecule has 7 heteroatoms. The summed E-state index contributed by atoms with van der Waals surface area (Å²) >= 11 is 0. The summed E-state index contributed by atoms with van der Waals surface area (Å²) in [4.78, 5) is 10.3. The van der Waals surface area contributed by atoms with Gasteiger partial charge in [-0.05, 0) is 0 Å². The molecule has 1 rings (SSSR count). The predicted octanol–water partition coefficient (Wildman–Crippen LogP) is 0.338. The molecule has 76 valence electrons. The second-order valence-corrected chi connectivity index (χ2v) is 2.72. The number of carbonyl (C=O) groups is 1. The van der Waals surface area contributed by atoms with Crippen molar-refractivity contribution < 1.29 is 27.8 Å². The molecule has 1 fully saturated rings. The predicted molar refractivity (Wildman–Crippen MR) is 35.0 cm³/mol. The number of aliphatic carboxylic acids is 1. The van der Waals surface area contributed by atoms with E-state index in [0.717, 1.165) is 0 Å². The Kier molecular flexibility index (Phi) is 2.77. The first kappa shape index (κ1) is 10.3. The molecule has 13 heavy (non-hydrogen) atoms. The third-order valence-electron chi connectivity index (χ3n) is 1.69. The summed E-state index contributed by atoms with van der Waals surface area (Å²) in [7, 11) is 0. The average molecular weight is 199 g/mol. The minimum absolute atomic E-state index is 0.0868. The van der Waals surface area contributed by atoms with Crippen molar-refractivity contribution in [1.82, 2.24) is 5.32 Å². The summed E-state index contributed by atoms with van der Waals surface area (Å²) in [5.41, 5.74) is 0. The number of carboxylic acid groups (broad SMARTS) is 1. The molecule has 0 radical (unpaired) electrons. The number of ether oxygens (including phenoxy) is 1. The number of rotatable bonds is 2. The molecule has 1 heterocycles. The van der Waals surface area contributed by atoms with Crippen molar-refractivity contribution in [1.29, 1.82) is 0 Å². The lowest BCUT2D eigenvalue weighted by Gasteiger charge is -2.12. The molecule has 0 aromatic carbocycles. The highest BCUT2D eigenvalue weighted by Gasteiger charge is 2.38. The third kappa shape index (κ3) is 3.19. The second-order valence-electron chi connectivity index (χ2n) is 2.72. The summed E-state index contributed by atoms with van der Waals surface area (Å²) in [6, 6.07) is -0.938. The van der Waals surface area contributed by atoms with Crippen molar-refractivity contribution in [2.75, 3.05) is 6.54 Å². The number of hydrogen-bond acceptors (Lipinski definition) is 3. The highest BCUT2D eigenvalue weighted by atomic mass is 19.4. The van der Waals surface area contributed by atoms with E-state index in [-0.39, 0.29) is 13.0 Å². The molecule has 0 spiro atoms. The van der Waals surface area contributed by atoms with Crippen LogP contribution in [0, 0.1) is 0 Å². The average Bonchev–Trinajstić information content (AvgIpc) is 2.31. The van der Waals surface area contributed by atoms with Crippen LogP contribution in [-0.2, 0) is 9.53 Å². The second kappa shape index (κ2) is 3.51. The number of nitrogens with one attached hydrogen (secondary N) is 1. The molecule has 0 aromatic heterocycles. The molecule has 1 aliphatic heterocycles. The topological polar surface area (TPSA) is 58.6 Å². The van der Waals surface area contributed by atoms with Crippen LogP contribution in [0.3, 0.4) is 0 Å². The fourth-order valence-electron chi connectivity index (χ4n) is 1.17. The molecular weight excluding hydrogens is 191 g/mol. The molecule has 0 bridgehead atoms. The lowest BCUT2D eigenvalue weighted by Crippen LogP contribution is -2.30. The Morgan fingerprint density at radius 1 is 1.54 bits per heavy atom. The van der Waals surface area contributed by atoms with Crippen LogP contribution >= 0.6 is 0 Å². The van der Waals surface area contributed by atoms with Crippen LogP contribution in [0.1, 0.15) is 6.42 Å². The Hall–Kier alpha value is -0.820. The smallest absolute Gasteiger partial charge is 0.480 e. The van der Waals surface area contributed by atoms with Gasteiger partial charge in [0.25, 0.3) is 0 Å². The Morgan fingerprint density at radius 3 is 2.54 bits per heavy atom. The fraction of sp³-hybridized carbons (Fsp3) is 0.833. The summed E-state index contributed by atoms with van der Waals surface area (Å²) < 4.78 is 38.6. The third-order valence-corrected chi connectivity index (χ3v) is 1.69. The molecule has 0 aromatic rings. The van der Waals surface area contributed by atoms with Gasteiger partial charge in [-0.1, -0.05) is 0 Å². The van der Waals surface area contributed by atoms with Crippen molar-refractivity contribution in [3.63, 3.8) is 0 Å². The summed E-state index contributed by atoms with van der Waals surface area (Å²) in [5.74, 6) is -1.16. The lowest BCUT2D eigenvalue weighted by atomic mass is 10.2. The first-order valence-electron chi connectivity index (χ1n) is 3.59.